The quantitative estimate of drug-likeness (QED) is 0.343. The van der Waals surface area contributed by atoms with Crippen LogP contribution in [0, 0.1) is 20.8 Å². The highest BCUT2D eigenvalue weighted by Gasteiger charge is 2.23. The average molecular weight is 406 g/mol. The zero-order chi connectivity index (χ0) is 20.9. The van der Waals surface area contributed by atoms with Gasteiger partial charge in [0, 0.05) is 26.1 Å². The van der Waals surface area contributed by atoms with E-state index in [1.165, 1.54) is 31.7 Å². The first-order valence-corrected chi connectivity index (χ1v) is 11.6. The Balaban J connectivity index is 2.07. The monoisotopic (exact) mass is 405 g/mol. The van der Waals surface area contributed by atoms with Crippen molar-refractivity contribution in [1.29, 1.82) is 0 Å². The van der Waals surface area contributed by atoms with Crippen LogP contribution in [0.1, 0.15) is 79.8 Å². The highest BCUT2D eigenvalue weighted by Crippen LogP contribution is 2.43. The lowest BCUT2D eigenvalue weighted by Gasteiger charge is -2.15. The van der Waals surface area contributed by atoms with Crippen LogP contribution in [0.5, 0.6) is 0 Å². The third-order valence-electron chi connectivity index (χ3n) is 6.12. The first-order valence-electron chi connectivity index (χ1n) is 10.8. The maximum atomic E-state index is 5.04. The van der Waals surface area contributed by atoms with Crippen molar-refractivity contribution in [3.05, 3.63) is 51.7 Å². The lowest BCUT2D eigenvalue weighted by molar-refractivity contribution is 0.638. The van der Waals surface area contributed by atoms with Crippen LogP contribution in [-0.4, -0.2) is 14.6 Å². The molecule has 0 amide bonds. The predicted octanol–water partition coefficient (Wildman–Crippen LogP) is 7.56. The molecule has 0 radical (unpaired) electrons. The minimum absolute atomic E-state index is 0.509. The summed E-state index contributed by atoms with van der Waals surface area (Å²) in [6.45, 7) is 15.5. The number of aromatic nitrogens is 3. The lowest BCUT2D eigenvalue weighted by Crippen LogP contribution is -2.05. The van der Waals surface area contributed by atoms with Crippen molar-refractivity contribution in [2.45, 2.75) is 73.1 Å². The first-order chi connectivity index (χ1) is 13.9. The van der Waals surface area contributed by atoms with Crippen molar-refractivity contribution in [1.82, 2.24) is 14.6 Å². The molecule has 3 heterocycles. The van der Waals surface area contributed by atoms with E-state index in [2.05, 4.69) is 77.2 Å². The molecular weight excluding hydrogens is 374 g/mol. The van der Waals surface area contributed by atoms with Crippen molar-refractivity contribution in [2.24, 2.45) is 0 Å². The number of aryl methyl sites for hydroxylation is 3. The molecule has 0 saturated heterocycles. The zero-order valence-corrected chi connectivity index (χ0v) is 19.4. The first kappa shape index (κ1) is 20.1. The number of nitrogens with zero attached hydrogens (tertiary/aromatic N) is 3. The summed E-state index contributed by atoms with van der Waals surface area (Å²) in [4.78, 5) is 6.38. The Bertz CT molecular complexity index is 1190. The normalized spacial score (nSPS) is 12.2. The molecule has 0 unspecified atom stereocenters. The van der Waals surface area contributed by atoms with Crippen LogP contribution < -0.4 is 0 Å². The molecule has 1 aromatic carbocycles. The van der Waals surface area contributed by atoms with Gasteiger partial charge in [-0.25, -0.2) is 9.50 Å². The van der Waals surface area contributed by atoms with Gasteiger partial charge in [0.15, 0.2) is 5.65 Å². The van der Waals surface area contributed by atoms with E-state index in [1.807, 2.05) is 11.3 Å². The number of fused-ring (bicyclic) bond motifs is 2. The van der Waals surface area contributed by atoms with Crippen molar-refractivity contribution in [3.63, 3.8) is 0 Å². The molecule has 152 valence electrons. The van der Waals surface area contributed by atoms with Gasteiger partial charge < -0.3 is 0 Å². The van der Waals surface area contributed by atoms with Crippen LogP contribution in [0.4, 0.5) is 0 Å². The van der Waals surface area contributed by atoms with Crippen molar-refractivity contribution in [3.8, 4) is 11.3 Å². The summed E-state index contributed by atoms with van der Waals surface area (Å²) in [7, 11) is 0. The van der Waals surface area contributed by atoms with Crippen molar-refractivity contribution < 1.29 is 0 Å². The summed E-state index contributed by atoms with van der Waals surface area (Å²) in [5, 5.41) is 6.26. The lowest BCUT2D eigenvalue weighted by atomic mass is 9.95. The number of rotatable bonds is 5. The van der Waals surface area contributed by atoms with E-state index in [0.717, 1.165) is 35.6 Å². The second kappa shape index (κ2) is 7.56. The third kappa shape index (κ3) is 3.18. The van der Waals surface area contributed by atoms with Crippen molar-refractivity contribution >= 4 is 27.1 Å². The molecule has 4 heteroatoms. The summed E-state index contributed by atoms with van der Waals surface area (Å²) in [6, 6.07) is 8.96. The van der Waals surface area contributed by atoms with Gasteiger partial charge in [-0.3, -0.25) is 0 Å². The van der Waals surface area contributed by atoms with Gasteiger partial charge in [0.05, 0.1) is 17.1 Å². The van der Waals surface area contributed by atoms with E-state index in [0.29, 0.717) is 11.8 Å². The molecule has 3 nitrogen and oxygen atoms in total. The molecule has 0 spiro atoms. The zero-order valence-electron chi connectivity index (χ0n) is 18.6. The fraction of sp³-hybridized carbons (Fsp3) is 0.440. The molecule has 0 bridgehead atoms. The summed E-state index contributed by atoms with van der Waals surface area (Å²) in [6.07, 6.45) is 2.24. The van der Waals surface area contributed by atoms with Gasteiger partial charge in [-0.15, -0.1) is 11.3 Å². The van der Waals surface area contributed by atoms with E-state index in [9.17, 15) is 0 Å². The molecule has 4 rings (SSSR count). The molecule has 0 aliphatic heterocycles. The van der Waals surface area contributed by atoms with Gasteiger partial charge in [-0.1, -0.05) is 45.9 Å². The van der Waals surface area contributed by atoms with Crippen molar-refractivity contribution in [2.75, 3.05) is 0 Å². The van der Waals surface area contributed by atoms with Gasteiger partial charge in [0.2, 0.25) is 0 Å². The number of hydrogen-bond acceptors (Lipinski definition) is 3. The molecule has 3 aromatic heterocycles. The second-order valence-electron chi connectivity index (χ2n) is 8.45. The highest BCUT2D eigenvalue weighted by molar-refractivity contribution is 7.19. The molecule has 0 N–H and O–H groups in total. The van der Waals surface area contributed by atoms with Gasteiger partial charge in [-0.2, -0.15) is 5.10 Å². The molecule has 0 aliphatic carbocycles. The Morgan fingerprint density at radius 1 is 1.03 bits per heavy atom. The van der Waals surface area contributed by atoms with E-state index in [-0.39, 0.29) is 0 Å². The number of hydrogen-bond donors (Lipinski definition) is 0. The van der Waals surface area contributed by atoms with E-state index < -0.39 is 0 Å². The largest absolute Gasteiger partial charge is 0.231 e. The van der Waals surface area contributed by atoms with Crippen LogP contribution in [0.25, 0.3) is 27.0 Å². The third-order valence-corrected chi connectivity index (χ3v) is 7.29. The molecule has 0 fully saturated rings. The number of benzene rings is 1. The fourth-order valence-corrected chi connectivity index (χ4v) is 5.92. The summed E-state index contributed by atoms with van der Waals surface area (Å²) < 4.78 is 3.52. The van der Waals surface area contributed by atoms with E-state index >= 15 is 0 Å². The molecule has 0 atom stereocenters. The summed E-state index contributed by atoms with van der Waals surface area (Å²) >= 11 is 1.90. The standard InChI is InChI=1S/C25H31N3S/c1-8-18(9-2)21-13-15(5)27-28-23(16(6)26-25(21)28)22-17(7)29-24-19(14(3)4)11-10-12-20(22)24/h10-14,18H,8-9H2,1-7H3. The minimum Gasteiger partial charge on any atom is -0.231 e. The number of imidazole rings is 1. The second-order valence-corrected chi connectivity index (χ2v) is 9.67. The fourth-order valence-electron chi connectivity index (χ4n) is 4.60. The molecular formula is C25H31N3S. The molecule has 0 aliphatic rings. The Kier molecular flexibility index (Phi) is 5.24. The van der Waals surface area contributed by atoms with Gasteiger partial charge in [0.25, 0.3) is 0 Å². The smallest absolute Gasteiger partial charge is 0.157 e. The van der Waals surface area contributed by atoms with Crippen LogP contribution in [0.2, 0.25) is 0 Å². The van der Waals surface area contributed by atoms with Gasteiger partial charge in [0.1, 0.15) is 0 Å². The Morgan fingerprint density at radius 2 is 1.76 bits per heavy atom. The SMILES string of the molecule is CCC(CC)c1cc(C)nn2c(-c3c(C)sc4c(C(C)C)cccc34)c(C)nc12. The summed E-state index contributed by atoms with van der Waals surface area (Å²) in [5.74, 6) is 1.02. The highest BCUT2D eigenvalue weighted by atomic mass is 32.1. The molecule has 0 saturated carbocycles. The van der Waals surface area contributed by atoms with Gasteiger partial charge >= 0.3 is 0 Å². The Morgan fingerprint density at radius 3 is 2.41 bits per heavy atom. The van der Waals surface area contributed by atoms with E-state index in [1.54, 1.807) is 0 Å². The maximum Gasteiger partial charge on any atom is 0.157 e. The minimum atomic E-state index is 0.509. The topological polar surface area (TPSA) is 30.2 Å². The maximum absolute atomic E-state index is 5.04. The van der Waals surface area contributed by atoms with Crippen LogP contribution >= 0.6 is 11.3 Å². The van der Waals surface area contributed by atoms with Gasteiger partial charge in [-0.05, 0) is 57.1 Å². The Hall–Kier alpha value is -2.20. The average Bonchev–Trinajstić information content (AvgIpc) is 3.17. The van der Waals surface area contributed by atoms with Crippen LogP contribution in [-0.2, 0) is 0 Å². The summed E-state index contributed by atoms with van der Waals surface area (Å²) in [5.41, 5.74) is 8.35. The van der Waals surface area contributed by atoms with Crippen LogP contribution in [0.3, 0.4) is 0 Å². The van der Waals surface area contributed by atoms with E-state index in [4.69, 9.17) is 10.1 Å². The van der Waals surface area contributed by atoms with Crippen LogP contribution in [0.15, 0.2) is 24.3 Å². The molecule has 4 aromatic rings. The predicted molar refractivity (Wildman–Crippen MR) is 125 cm³/mol. The number of thiophene rings is 1. The molecule has 29 heavy (non-hydrogen) atoms. The Labute approximate surface area is 177 Å².